The minimum absolute atomic E-state index is 0.0716. The van der Waals surface area contributed by atoms with Gasteiger partial charge < -0.3 is 10.2 Å². The van der Waals surface area contributed by atoms with Crippen molar-refractivity contribution in [2.45, 2.75) is 59.5 Å². The van der Waals surface area contributed by atoms with Crippen LogP contribution in [0.4, 0.5) is 5.69 Å². The molecule has 0 aliphatic carbocycles. The number of amides is 2. The van der Waals surface area contributed by atoms with Crippen molar-refractivity contribution in [3.8, 4) is 0 Å². The largest absolute Gasteiger partial charge is 0.354 e. The molecule has 37 heavy (non-hydrogen) atoms. The number of carbonyl (C=O) groups is 2. The Morgan fingerprint density at radius 2 is 1.59 bits per heavy atom. The lowest BCUT2D eigenvalue weighted by Gasteiger charge is -2.30. The van der Waals surface area contributed by atoms with Crippen molar-refractivity contribution in [3.63, 3.8) is 0 Å². The summed E-state index contributed by atoms with van der Waals surface area (Å²) in [7, 11) is -3.54. The molecule has 0 aliphatic rings. The molecule has 0 aromatic heterocycles. The van der Waals surface area contributed by atoms with E-state index in [0.717, 1.165) is 23.8 Å². The monoisotopic (exact) mass is 569 g/mol. The molecule has 0 saturated heterocycles. The van der Waals surface area contributed by atoms with E-state index in [1.807, 2.05) is 32.9 Å². The number of aryl methyl sites for hydroxylation is 1. The van der Waals surface area contributed by atoms with Crippen LogP contribution in [0.3, 0.4) is 0 Å². The van der Waals surface area contributed by atoms with Gasteiger partial charge in [-0.15, -0.1) is 0 Å². The molecule has 7 nitrogen and oxygen atoms in total. The third kappa shape index (κ3) is 9.51. The van der Waals surface area contributed by atoms with Crippen molar-refractivity contribution in [1.29, 1.82) is 0 Å². The Bertz CT molecular complexity index is 1170. The van der Waals surface area contributed by atoms with Crippen molar-refractivity contribution in [1.82, 2.24) is 10.2 Å². The topological polar surface area (TPSA) is 86.8 Å². The Labute approximate surface area is 231 Å². The van der Waals surface area contributed by atoms with Gasteiger partial charge >= 0.3 is 0 Å². The van der Waals surface area contributed by atoms with Gasteiger partial charge in [0.1, 0.15) is 6.04 Å². The molecule has 204 valence electrons. The molecule has 0 unspecified atom stereocenters. The number of benzene rings is 2. The normalized spacial score (nSPS) is 12.3. The van der Waals surface area contributed by atoms with E-state index in [1.54, 1.807) is 37.3 Å². The number of nitrogens with one attached hydrogen (secondary N) is 1. The third-order valence-electron chi connectivity index (χ3n) is 5.97. The fraction of sp³-hybridized carbons (Fsp3) is 0.481. The Balaban J connectivity index is 2.18. The molecule has 0 fully saturated rings. The third-order valence-corrected chi connectivity index (χ3v) is 7.91. The summed E-state index contributed by atoms with van der Waals surface area (Å²) in [6.45, 7) is 8.51. The molecule has 2 amide bonds. The van der Waals surface area contributed by atoms with Gasteiger partial charge in [-0.1, -0.05) is 62.2 Å². The molecule has 2 aromatic carbocycles. The van der Waals surface area contributed by atoms with Gasteiger partial charge in [-0.05, 0) is 61.1 Å². The lowest BCUT2D eigenvalue weighted by molar-refractivity contribution is -0.140. The zero-order chi connectivity index (χ0) is 27.8. The molecular formula is C27H37Cl2N3O4S. The molecule has 0 spiro atoms. The van der Waals surface area contributed by atoms with Gasteiger partial charge in [-0.2, -0.15) is 0 Å². The lowest BCUT2D eigenvalue weighted by Crippen LogP contribution is -2.48. The highest BCUT2D eigenvalue weighted by molar-refractivity contribution is 7.92. The number of sulfonamides is 1. The van der Waals surface area contributed by atoms with Gasteiger partial charge in [0.15, 0.2) is 0 Å². The number of hydrogen-bond donors (Lipinski definition) is 1. The number of hydrogen-bond acceptors (Lipinski definition) is 4. The molecule has 10 heteroatoms. The van der Waals surface area contributed by atoms with Gasteiger partial charge in [-0.3, -0.25) is 13.9 Å². The van der Waals surface area contributed by atoms with Crippen LogP contribution >= 0.6 is 23.2 Å². The predicted octanol–water partition coefficient (Wildman–Crippen LogP) is 5.29. The molecule has 0 bridgehead atoms. The highest BCUT2D eigenvalue weighted by atomic mass is 35.5. The Hall–Kier alpha value is -2.29. The molecular weight excluding hydrogens is 533 g/mol. The smallest absolute Gasteiger partial charge is 0.242 e. The Morgan fingerprint density at radius 3 is 2.14 bits per heavy atom. The van der Waals surface area contributed by atoms with Gasteiger partial charge in [0.2, 0.25) is 21.8 Å². The Morgan fingerprint density at radius 1 is 0.973 bits per heavy atom. The van der Waals surface area contributed by atoms with E-state index in [4.69, 9.17) is 23.2 Å². The number of anilines is 1. The van der Waals surface area contributed by atoms with Crippen LogP contribution in [0.5, 0.6) is 0 Å². The van der Waals surface area contributed by atoms with Crippen LogP contribution < -0.4 is 9.62 Å². The van der Waals surface area contributed by atoms with E-state index in [0.29, 0.717) is 28.7 Å². The maximum atomic E-state index is 13.4. The number of halogens is 2. The number of rotatable bonds is 13. The Kier molecular flexibility index (Phi) is 11.7. The number of carbonyl (C=O) groups excluding carboxylic acids is 2. The van der Waals surface area contributed by atoms with Crippen LogP contribution in [-0.4, -0.2) is 50.5 Å². The summed E-state index contributed by atoms with van der Waals surface area (Å²) >= 11 is 12.2. The fourth-order valence-electron chi connectivity index (χ4n) is 3.77. The molecule has 0 saturated carbocycles. The molecule has 0 aliphatic heterocycles. The van der Waals surface area contributed by atoms with Crippen molar-refractivity contribution >= 4 is 50.7 Å². The summed E-state index contributed by atoms with van der Waals surface area (Å²) in [6, 6.07) is 11.7. The highest BCUT2D eigenvalue weighted by Gasteiger charge is 2.27. The van der Waals surface area contributed by atoms with Crippen LogP contribution in [0.1, 0.15) is 51.7 Å². The van der Waals surface area contributed by atoms with Crippen LogP contribution in [-0.2, 0) is 32.6 Å². The quantitative estimate of drug-likeness (QED) is 0.355. The molecule has 1 N–H and O–H groups in total. The lowest BCUT2D eigenvalue weighted by atomic mass is 10.1. The summed E-state index contributed by atoms with van der Waals surface area (Å²) in [5.41, 5.74) is 2.40. The molecule has 2 aromatic rings. The first-order chi connectivity index (χ1) is 17.3. The standard InChI is InChI=1S/C27H37Cl2N3O4S/c1-6-21-9-12-23(13-10-21)32(37(5,35)36)15-7-8-26(33)31(20(4)27(34)30-17-19(2)3)18-22-11-14-24(28)25(29)16-22/h9-14,16,19-20H,6-8,15,17-18H2,1-5H3,(H,30,34)/t20-/m1/s1. The van der Waals surface area contributed by atoms with E-state index in [-0.39, 0.29) is 37.2 Å². The van der Waals surface area contributed by atoms with E-state index in [9.17, 15) is 18.0 Å². The summed E-state index contributed by atoms with van der Waals surface area (Å²) in [4.78, 5) is 27.7. The fourth-order valence-corrected chi connectivity index (χ4v) is 5.06. The molecule has 0 radical (unpaired) electrons. The highest BCUT2D eigenvalue weighted by Crippen LogP contribution is 2.24. The average Bonchev–Trinajstić information content (AvgIpc) is 2.84. The van der Waals surface area contributed by atoms with Crippen molar-refractivity contribution in [2.75, 3.05) is 23.7 Å². The van der Waals surface area contributed by atoms with Crippen LogP contribution in [0.2, 0.25) is 10.0 Å². The van der Waals surface area contributed by atoms with E-state index in [1.165, 1.54) is 9.21 Å². The second-order valence-electron chi connectivity index (χ2n) is 9.54. The van der Waals surface area contributed by atoms with Crippen molar-refractivity contribution in [3.05, 3.63) is 63.6 Å². The summed E-state index contributed by atoms with van der Waals surface area (Å²) in [6.07, 6.45) is 2.37. The minimum atomic E-state index is -3.54. The first-order valence-corrected chi connectivity index (χ1v) is 15.0. The van der Waals surface area contributed by atoms with Crippen LogP contribution in [0.15, 0.2) is 42.5 Å². The zero-order valence-corrected chi connectivity index (χ0v) is 24.5. The van der Waals surface area contributed by atoms with E-state index in [2.05, 4.69) is 5.32 Å². The van der Waals surface area contributed by atoms with Gasteiger partial charge in [0, 0.05) is 26.1 Å². The maximum absolute atomic E-state index is 13.4. The van der Waals surface area contributed by atoms with Crippen molar-refractivity contribution in [2.24, 2.45) is 5.92 Å². The van der Waals surface area contributed by atoms with E-state index >= 15 is 0 Å². The van der Waals surface area contributed by atoms with Gasteiger partial charge in [-0.25, -0.2) is 8.42 Å². The van der Waals surface area contributed by atoms with E-state index < -0.39 is 16.1 Å². The molecule has 1 atom stereocenters. The summed E-state index contributed by atoms with van der Waals surface area (Å²) < 4.78 is 26.3. The van der Waals surface area contributed by atoms with Gasteiger partial charge in [0.25, 0.3) is 0 Å². The zero-order valence-electron chi connectivity index (χ0n) is 22.1. The van der Waals surface area contributed by atoms with Crippen LogP contribution in [0, 0.1) is 5.92 Å². The van der Waals surface area contributed by atoms with Crippen LogP contribution in [0.25, 0.3) is 0 Å². The molecule has 2 rings (SSSR count). The predicted molar refractivity (Wildman–Crippen MR) is 152 cm³/mol. The first-order valence-electron chi connectivity index (χ1n) is 12.4. The first kappa shape index (κ1) is 30.9. The minimum Gasteiger partial charge on any atom is -0.354 e. The SMILES string of the molecule is CCc1ccc(N(CCCC(=O)N(Cc2ccc(Cl)c(Cl)c2)[C@H](C)C(=O)NCC(C)C)S(C)(=O)=O)cc1. The second kappa shape index (κ2) is 14.0. The van der Waals surface area contributed by atoms with Gasteiger partial charge in [0.05, 0.1) is 22.0 Å². The number of nitrogens with zero attached hydrogens (tertiary/aromatic N) is 2. The van der Waals surface area contributed by atoms with Crippen molar-refractivity contribution < 1.29 is 18.0 Å². The maximum Gasteiger partial charge on any atom is 0.242 e. The summed E-state index contributed by atoms with van der Waals surface area (Å²) in [5.74, 6) is -0.243. The second-order valence-corrected chi connectivity index (χ2v) is 12.3. The summed E-state index contributed by atoms with van der Waals surface area (Å²) in [5, 5.41) is 3.65. The molecule has 0 heterocycles. The average molecular weight is 571 g/mol.